The van der Waals surface area contributed by atoms with E-state index in [9.17, 15) is 14.4 Å². The van der Waals surface area contributed by atoms with Crippen molar-refractivity contribution in [2.75, 3.05) is 44.7 Å². The second kappa shape index (κ2) is 9.94. The summed E-state index contributed by atoms with van der Waals surface area (Å²) in [6, 6.07) is 12.7. The number of hydrogen-bond donors (Lipinski definition) is 0. The first-order chi connectivity index (χ1) is 16.4. The number of aromatic nitrogens is 2. The Morgan fingerprint density at radius 1 is 1.00 bits per heavy atom. The number of likely N-dealkylation sites (N-methyl/N-ethyl adjacent to an activating group) is 1. The van der Waals surface area contributed by atoms with E-state index < -0.39 is 0 Å². The summed E-state index contributed by atoms with van der Waals surface area (Å²) in [5.74, 6) is 0.931. The molecule has 0 N–H and O–H groups in total. The van der Waals surface area contributed by atoms with Gasteiger partial charge in [0.25, 0.3) is 11.8 Å². The smallest absolute Gasteiger partial charge is 0.265 e. The Balaban J connectivity index is 1.56. The second-order valence-corrected chi connectivity index (χ2v) is 8.23. The van der Waals surface area contributed by atoms with Crippen LogP contribution in [0.15, 0.2) is 48.7 Å². The third kappa shape index (κ3) is 4.73. The summed E-state index contributed by atoms with van der Waals surface area (Å²) in [6.07, 6.45) is 2.36. The van der Waals surface area contributed by atoms with Crippen LogP contribution >= 0.6 is 0 Å². The minimum absolute atomic E-state index is 0.0209. The lowest BCUT2D eigenvalue weighted by atomic mass is 10.2. The predicted octanol–water partition coefficient (Wildman–Crippen LogP) is 2.24. The molecule has 9 heteroatoms. The fraction of sp³-hybridized carbons (Fsp3) is 0.360. The monoisotopic (exact) mass is 463 g/mol. The van der Waals surface area contributed by atoms with Gasteiger partial charge in [-0.3, -0.25) is 23.7 Å². The molecule has 1 aliphatic rings. The highest BCUT2D eigenvalue weighted by Crippen LogP contribution is 2.24. The zero-order chi connectivity index (χ0) is 24.2. The van der Waals surface area contributed by atoms with Crippen LogP contribution in [0.4, 0.5) is 5.82 Å². The van der Waals surface area contributed by atoms with Crippen molar-refractivity contribution in [3.8, 4) is 5.75 Å². The van der Waals surface area contributed by atoms with Gasteiger partial charge in [0.05, 0.1) is 11.3 Å². The average molecular weight is 464 g/mol. The third-order valence-electron chi connectivity index (χ3n) is 6.05. The molecular formula is C25H29N5O4. The minimum atomic E-state index is -0.225. The number of imidazole rings is 1. The number of para-hydroxylation sites is 1. The molecule has 178 valence electrons. The largest absolute Gasteiger partial charge is 0.484 e. The Kier molecular flexibility index (Phi) is 6.81. The van der Waals surface area contributed by atoms with Crippen LogP contribution in [0.25, 0.3) is 5.65 Å². The summed E-state index contributed by atoms with van der Waals surface area (Å²) in [4.78, 5) is 47.3. The maximum absolute atomic E-state index is 13.2. The molecule has 1 saturated heterocycles. The first-order valence-electron chi connectivity index (χ1n) is 11.4. The number of carbonyl (C=O) groups is 3. The van der Waals surface area contributed by atoms with Crippen LogP contribution in [0.2, 0.25) is 0 Å². The van der Waals surface area contributed by atoms with Gasteiger partial charge in [0.1, 0.15) is 17.2 Å². The molecule has 9 nitrogen and oxygen atoms in total. The first kappa shape index (κ1) is 23.3. The maximum Gasteiger partial charge on any atom is 0.265 e. The Bertz CT molecular complexity index is 1200. The van der Waals surface area contributed by atoms with E-state index in [0.29, 0.717) is 55.4 Å². The van der Waals surface area contributed by atoms with Crippen molar-refractivity contribution < 1.29 is 19.1 Å². The van der Waals surface area contributed by atoms with Gasteiger partial charge in [0.15, 0.2) is 6.61 Å². The van der Waals surface area contributed by atoms with Crippen LogP contribution in [0, 0.1) is 0 Å². The van der Waals surface area contributed by atoms with Gasteiger partial charge in [-0.15, -0.1) is 0 Å². The summed E-state index contributed by atoms with van der Waals surface area (Å²) >= 11 is 0. The van der Waals surface area contributed by atoms with Gasteiger partial charge in [0, 0.05) is 46.3 Å². The molecule has 3 aromatic rings. The lowest BCUT2D eigenvalue weighted by Crippen LogP contribution is -2.50. The maximum atomic E-state index is 13.2. The van der Waals surface area contributed by atoms with Crippen molar-refractivity contribution in [1.82, 2.24) is 19.2 Å². The van der Waals surface area contributed by atoms with Crippen LogP contribution < -0.4 is 9.64 Å². The number of piperazine rings is 1. The second-order valence-electron chi connectivity index (χ2n) is 8.23. The minimum Gasteiger partial charge on any atom is -0.484 e. The third-order valence-corrected chi connectivity index (χ3v) is 6.05. The van der Waals surface area contributed by atoms with Gasteiger partial charge >= 0.3 is 0 Å². The van der Waals surface area contributed by atoms with Gasteiger partial charge in [-0.05, 0) is 30.7 Å². The van der Waals surface area contributed by atoms with E-state index in [1.807, 2.05) is 25.1 Å². The Labute approximate surface area is 198 Å². The molecule has 4 rings (SSSR count). The number of anilines is 1. The molecule has 0 unspecified atom stereocenters. The van der Waals surface area contributed by atoms with E-state index in [1.54, 1.807) is 58.6 Å². The van der Waals surface area contributed by atoms with Crippen LogP contribution in [0.1, 0.15) is 29.9 Å². The van der Waals surface area contributed by atoms with Crippen LogP contribution in [-0.4, -0.2) is 76.7 Å². The molecule has 1 fully saturated rings. The number of ether oxygens (including phenoxy) is 1. The zero-order valence-electron chi connectivity index (χ0n) is 19.7. The van der Waals surface area contributed by atoms with E-state index in [-0.39, 0.29) is 24.3 Å². The Morgan fingerprint density at radius 3 is 2.32 bits per heavy atom. The van der Waals surface area contributed by atoms with E-state index in [4.69, 9.17) is 4.74 Å². The zero-order valence-corrected chi connectivity index (χ0v) is 19.7. The molecule has 1 aliphatic heterocycles. The summed E-state index contributed by atoms with van der Waals surface area (Å²) < 4.78 is 7.42. The van der Waals surface area contributed by atoms with E-state index in [2.05, 4.69) is 4.98 Å². The number of rotatable bonds is 6. The summed E-state index contributed by atoms with van der Waals surface area (Å²) in [6.45, 7) is 5.43. The van der Waals surface area contributed by atoms with Crippen molar-refractivity contribution in [2.24, 2.45) is 0 Å². The van der Waals surface area contributed by atoms with Crippen molar-refractivity contribution in [1.29, 1.82) is 0 Å². The highest BCUT2D eigenvalue weighted by Gasteiger charge is 2.25. The van der Waals surface area contributed by atoms with Crippen molar-refractivity contribution >= 4 is 29.2 Å². The lowest BCUT2D eigenvalue weighted by molar-refractivity contribution is -0.130. The van der Waals surface area contributed by atoms with Gasteiger partial charge in [-0.25, -0.2) is 4.98 Å². The SMILES string of the molecule is CCc1nc2ccc(C(=O)N3CCN(C(C)=O)CC3)cn2c1N(C)C(=O)COc1ccccc1. The predicted molar refractivity (Wildman–Crippen MR) is 128 cm³/mol. The highest BCUT2D eigenvalue weighted by atomic mass is 16.5. The number of amides is 3. The van der Waals surface area contributed by atoms with E-state index >= 15 is 0 Å². The molecule has 0 aliphatic carbocycles. The molecule has 3 amide bonds. The van der Waals surface area contributed by atoms with E-state index in [0.717, 1.165) is 5.69 Å². The summed E-state index contributed by atoms with van der Waals surface area (Å²) in [5, 5.41) is 0. The lowest BCUT2D eigenvalue weighted by Gasteiger charge is -2.34. The van der Waals surface area contributed by atoms with Crippen LogP contribution in [-0.2, 0) is 16.0 Å². The Hall–Kier alpha value is -3.88. The van der Waals surface area contributed by atoms with Crippen LogP contribution in [0.5, 0.6) is 5.75 Å². The van der Waals surface area contributed by atoms with E-state index in [1.165, 1.54) is 4.90 Å². The summed E-state index contributed by atoms with van der Waals surface area (Å²) in [7, 11) is 1.69. The molecular weight excluding hydrogens is 434 g/mol. The molecule has 0 spiro atoms. The topological polar surface area (TPSA) is 87.5 Å². The molecule has 1 aromatic carbocycles. The normalized spacial score (nSPS) is 13.7. The van der Waals surface area contributed by atoms with Gasteiger partial charge in [0.2, 0.25) is 5.91 Å². The fourth-order valence-electron chi connectivity index (χ4n) is 4.08. The molecule has 0 saturated carbocycles. The van der Waals surface area contributed by atoms with Crippen molar-refractivity contribution in [3.63, 3.8) is 0 Å². The molecule has 2 aromatic heterocycles. The van der Waals surface area contributed by atoms with Crippen molar-refractivity contribution in [2.45, 2.75) is 20.3 Å². The van der Waals surface area contributed by atoms with Gasteiger partial charge in [-0.1, -0.05) is 25.1 Å². The first-order valence-corrected chi connectivity index (χ1v) is 11.4. The Morgan fingerprint density at radius 2 is 1.68 bits per heavy atom. The summed E-state index contributed by atoms with van der Waals surface area (Å²) in [5.41, 5.74) is 1.93. The number of carbonyl (C=O) groups excluding carboxylic acids is 3. The molecule has 34 heavy (non-hydrogen) atoms. The molecule has 0 bridgehead atoms. The van der Waals surface area contributed by atoms with Gasteiger partial charge in [-0.2, -0.15) is 0 Å². The number of hydrogen-bond acceptors (Lipinski definition) is 5. The highest BCUT2D eigenvalue weighted by molar-refractivity contribution is 5.96. The van der Waals surface area contributed by atoms with Crippen LogP contribution in [0.3, 0.4) is 0 Å². The standard InChI is InChI=1S/C25H29N5O4/c1-4-21-24(27(3)23(32)17-34-20-8-6-5-7-9-20)30-16-19(10-11-22(30)26-21)25(33)29-14-12-28(13-15-29)18(2)31/h5-11,16H,4,12-15,17H2,1-3H3. The van der Waals surface area contributed by atoms with Gasteiger partial charge < -0.3 is 14.5 Å². The number of benzene rings is 1. The molecule has 0 atom stereocenters. The van der Waals surface area contributed by atoms with Crippen molar-refractivity contribution in [3.05, 3.63) is 59.9 Å². The fourth-order valence-corrected chi connectivity index (χ4v) is 4.08. The number of aryl methyl sites for hydroxylation is 1. The number of fused-ring (bicyclic) bond motifs is 1. The quantitative estimate of drug-likeness (QED) is 0.560. The number of pyridine rings is 1. The molecule has 0 radical (unpaired) electrons. The number of nitrogens with zero attached hydrogens (tertiary/aromatic N) is 5. The molecule has 3 heterocycles. The average Bonchev–Trinajstić information content (AvgIpc) is 3.24.